The first-order chi connectivity index (χ1) is 36.5. The van der Waals surface area contributed by atoms with Gasteiger partial charge in [-0.15, -0.1) is 0 Å². The van der Waals surface area contributed by atoms with Crippen LogP contribution in [-0.2, 0) is 29.4 Å². The zero-order chi connectivity index (χ0) is 51.2. The number of hydrogen-bond acceptors (Lipinski definition) is 11. The highest BCUT2D eigenvalue weighted by Crippen LogP contribution is 2.55. The van der Waals surface area contributed by atoms with E-state index in [1.165, 1.54) is 19.3 Å². The number of anilines is 3. The van der Waals surface area contributed by atoms with Crippen molar-refractivity contribution in [2.45, 2.75) is 165 Å². The highest BCUT2D eigenvalue weighted by molar-refractivity contribution is 6.09. The van der Waals surface area contributed by atoms with Crippen molar-refractivity contribution in [1.82, 2.24) is 39.5 Å². The molecule has 8 fully saturated rings. The number of carbonyl (C=O) groups is 5. The maximum Gasteiger partial charge on any atom is 0.238 e. The van der Waals surface area contributed by atoms with Crippen LogP contribution in [0.4, 0.5) is 17.3 Å². The van der Waals surface area contributed by atoms with E-state index in [4.69, 9.17) is 9.97 Å². The molecule has 9 heterocycles. The number of aromatic nitrogens is 4. The summed E-state index contributed by atoms with van der Waals surface area (Å²) in [6.45, 7) is 10.7. The summed E-state index contributed by atoms with van der Waals surface area (Å²) in [4.78, 5) is 94.6. The van der Waals surface area contributed by atoms with Crippen molar-refractivity contribution in [3.8, 4) is 11.3 Å². The van der Waals surface area contributed by atoms with Gasteiger partial charge < -0.3 is 34.4 Å². The molecule has 0 unspecified atom stereocenters. The van der Waals surface area contributed by atoms with Crippen molar-refractivity contribution < 1.29 is 24.0 Å². The van der Waals surface area contributed by atoms with E-state index in [0.29, 0.717) is 63.9 Å². The standard InChI is InChI=1S/C59H75N11O5/c1-37(2)69-36-61-48-34-47(63-53(52(48)69)62-42-9-10-42)39-7-12-46-49(31-39)70(44-32-43(33-44)65-23-4-3-5-24-65)57(75)59(46)21-29-68(30-22-59)56(74)58(19-6-20-58)41-17-27-67(28-18-41)55(73)38-15-25-66(26-16-38)50-13-8-40(35-60-50)45-11-14-51(71)64-54(45)72/h7-8,12-13,31,34-38,41-45H,3-6,9-11,14-30,32-33H2,1-2H3,(H,62,63)(H,64,71,72)/t43?,44?,45-/m1/s1. The predicted molar refractivity (Wildman–Crippen MR) is 287 cm³/mol. The second kappa shape index (κ2) is 19.3. The third-order valence-corrected chi connectivity index (χ3v) is 19.8. The molecular formula is C59H75N11O5. The van der Waals surface area contributed by atoms with Gasteiger partial charge in [-0.3, -0.25) is 29.3 Å². The molecule has 1 atom stereocenters. The van der Waals surface area contributed by atoms with Crippen LogP contribution in [0, 0.1) is 17.3 Å². The molecule has 396 valence electrons. The van der Waals surface area contributed by atoms with Gasteiger partial charge in [-0.2, -0.15) is 0 Å². The van der Waals surface area contributed by atoms with Gasteiger partial charge >= 0.3 is 0 Å². The summed E-state index contributed by atoms with van der Waals surface area (Å²) in [5.41, 5.74) is 5.74. The molecule has 16 nitrogen and oxygen atoms in total. The van der Waals surface area contributed by atoms with Crippen molar-refractivity contribution >= 4 is 57.9 Å². The van der Waals surface area contributed by atoms with Crippen LogP contribution in [0.1, 0.15) is 153 Å². The van der Waals surface area contributed by atoms with Gasteiger partial charge in [0.15, 0.2) is 5.82 Å². The highest BCUT2D eigenvalue weighted by atomic mass is 16.2. The van der Waals surface area contributed by atoms with Gasteiger partial charge in [0.25, 0.3) is 0 Å². The lowest BCUT2D eigenvalue weighted by Gasteiger charge is -2.52. The minimum atomic E-state index is -0.666. The highest BCUT2D eigenvalue weighted by Gasteiger charge is 2.58. The molecule has 3 aliphatic carbocycles. The van der Waals surface area contributed by atoms with Crippen LogP contribution in [-0.4, -0.2) is 134 Å². The fourth-order valence-corrected chi connectivity index (χ4v) is 14.9. The predicted octanol–water partition coefficient (Wildman–Crippen LogP) is 7.72. The Morgan fingerprint density at radius 2 is 1.52 bits per heavy atom. The molecule has 1 aromatic carbocycles. The van der Waals surface area contributed by atoms with Crippen LogP contribution < -0.4 is 20.4 Å². The summed E-state index contributed by atoms with van der Waals surface area (Å²) in [5, 5.41) is 6.16. The third-order valence-electron chi connectivity index (χ3n) is 19.8. The van der Waals surface area contributed by atoms with E-state index in [9.17, 15) is 14.4 Å². The molecule has 2 N–H and O–H groups in total. The van der Waals surface area contributed by atoms with Gasteiger partial charge in [0, 0.05) is 93.2 Å². The number of carbonyl (C=O) groups excluding carboxylic acids is 5. The number of rotatable bonds is 11. The van der Waals surface area contributed by atoms with Gasteiger partial charge in [0.05, 0.1) is 34.3 Å². The Labute approximate surface area is 440 Å². The van der Waals surface area contributed by atoms with Crippen LogP contribution in [0.2, 0.25) is 0 Å². The Hall–Kier alpha value is -5.90. The Bertz CT molecular complexity index is 2870. The first-order valence-corrected chi connectivity index (χ1v) is 29.0. The zero-order valence-corrected chi connectivity index (χ0v) is 44.1. The first-order valence-electron chi connectivity index (χ1n) is 29.0. The molecule has 75 heavy (non-hydrogen) atoms. The monoisotopic (exact) mass is 1020 g/mol. The van der Waals surface area contributed by atoms with E-state index in [0.717, 1.165) is 148 Å². The summed E-state index contributed by atoms with van der Waals surface area (Å²) in [6, 6.07) is 14.0. The number of likely N-dealkylation sites (tertiary alicyclic amines) is 3. The van der Waals surface area contributed by atoms with Gasteiger partial charge in [0.1, 0.15) is 11.3 Å². The molecule has 0 radical (unpaired) electrons. The van der Waals surface area contributed by atoms with Crippen LogP contribution >= 0.6 is 0 Å². The van der Waals surface area contributed by atoms with Gasteiger partial charge in [-0.25, -0.2) is 15.0 Å². The number of fused-ring (bicyclic) bond motifs is 3. The molecule has 13 rings (SSSR count). The van der Waals surface area contributed by atoms with Crippen molar-refractivity contribution in [3.63, 3.8) is 0 Å². The van der Waals surface area contributed by atoms with E-state index in [2.05, 4.69) is 82.8 Å². The molecule has 6 aliphatic heterocycles. The lowest BCUT2D eigenvalue weighted by Crippen LogP contribution is -2.60. The number of pyridine rings is 2. The lowest BCUT2D eigenvalue weighted by molar-refractivity contribution is -0.158. The van der Waals surface area contributed by atoms with Gasteiger partial charge in [-0.1, -0.05) is 31.0 Å². The average molecular weight is 1020 g/mol. The summed E-state index contributed by atoms with van der Waals surface area (Å²) in [6.07, 6.45) is 20.0. The summed E-state index contributed by atoms with van der Waals surface area (Å²) in [5.74, 6) is 1.83. The Kier molecular flexibility index (Phi) is 12.5. The van der Waals surface area contributed by atoms with Gasteiger partial charge in [-0.05, 0) is 158 Å². The zero-order valence-electron chi connectivity index (χ0n) is 44.1. The molecule has 16 heteroatoms. The van der Waals surface area contributed by atoms with E-state index >= 15 is 9.59 Å². The first kappa shape index (κ1) is 48.7. The molecule has 5 amide bonds. The summed E-state index contributed by atoms with van der Waals surface area (Å²) >= 11 is 0. The molecule has 1 spiro atoms. The van der Waals surface area contributed by atoms with Crippen LogP contribution in [0.25, 0.3) is 22.3 Å². The van der Waals surface area contributed by atoms with E-state index in [1.54, 1.807) is 6.20 Å². The van der Waals surface area contributed by atoms with Crippen molar-refractivity contribution in [1.29, 1.82) is 0 Å². The Morgan fingerprint density at radius 3 is 2.19 bits per heavy atom. The molecule has 5 saturated heterocycles. The SMILES string of the molecule is CC(C)n1cnc2cc(-c3ccc4c(c3)N(C3CC(N5CCCCC5)C3)C(=O)C43CCN(C(=O)C4(C5CCN(C(=O)C6CCN(c7ccc([C@H]8CCC(=O)NC8=O)cn7)CC6)CC5)CCC4)CC3)nc(NC3CC3)c21. The number of amides is 5. The molecular weight excluding hydrogens is 943 g/mol. The molecule has 3 saturated carbocycles. The fourth-order valence-electron chi connectivity index (χ4n) is 14.9. The smallest absolute Gasteiger partial charge is 0.238 e. The Morgan fingerprint density at radius 1 is 0.760 bits per heavy atom. The molecule has 9 aliphatic rings. The van der Waals surface area contributed by atoms with Crippen LogP contribution in [0.5, 0.6) is 0 Å². The maximum absolute atomic E-state index is 15.4. The normalized spacial score (nSPS) is 26.4. The minimum absolute atomic E-state index is 0.0321. The van der Waals surface area contributed by atoms with Crippen LogP contribution in [0.3, 0.4) is 0 Å². The largest absolute Gasteiger partial charge is 0.366 e. The summed E-state index contributed by atoms with van der Waals surface area (Å²) < 4.78 is 2.21. The fraction of sp³-hybridized carbons (Fsp3) is 0.627. The van der Waals surface area contributed by atoms with Crippen molar-refractivity contribution in [2.75, 3.05) is 67.5 Å². The third kappa shape index (κ3) is 8.59. The number of imidazole rings is 1. The van der Waals surface area contributed by atoms with Crippen LogP contribution in [0.15, 0.2) is 48.9 Å². The maximum atomic E-state index is 15.4. The number of piperidine rings is 5. The van der Waals surface area contributed by atoms with Crippen molar-refractivity contribution in [3.05, 3.63) is 60.0 Å². The quantitative estimate of drug-likeness (QED) is 0.141. The number of nitrogens with one attached hydrogen (secondary N) is 2. The summed E-state index contributed by atoms with van der Waals surface area (Å²) in [7, 11) is 0. The Balaban J connectivity index is 0.671. The minimum Gasteiger partial charge on any atom is -0.366 e. The van der Waals surface area contributed by atoms with E-state index < -0.39 is 5.41 Å². The van der Waals surface area contributed by atoms with E-state index in [-0.39, 0.29) is 64.8 Å². The molecule has 0 bridgehead atoms. The lowest BCUT2D eigenvalue weighted by atomic mass is 9.57. The number of benzene rings is 1. The second-order valence-corrected chi connectivity index (χ2v) is 24.4. The van der Waals surface area contributed by atoms with Crippen molar-refractivity contribution in [2.24, 2.45) is 17.3 Å². The molecule has 3 aromatic heterocycles. The van der Waals surface area contributed by atoms with E-state index in [1.807, 2.05) is 18.5 Å². The molecule has 4 aromatic rings. The number of nitrogens with zero attached hydrogens (tertiary/aromatic N) is 9. The number of imide groups is 1. The average Bonchev–Trinajstić information content (AvgIpc) is 4.10. The van der Waals surface area contributed by atoms with Gasteiger partial charge in [0.2, 0.25) is 29.5 Å². The second-order valence-electron chi connectivity index (χ2n) is 24.4. The number of hydrogen-bond donors (Lipinski definition) is 2. The topological polar surface area (TPSA) is 169 Å².